The van der Waals surface area contributed by atoms with Crippen LogP contribution in [0.5, 0.6) is 5.88 Å². The zero-order valence-corrected chi connectivity index (χ0v) is 19.7. The summed E-state index contributed by atoms with van der Waals surface area (Å²) in [5, 5.41) is 7.63. The lowest BCUT2D eigenvalue weighted by atomic mass is 9.99. The van der Waals surface area contributed by atoms with E-state index in [1.165, 1.54) is 23.7 Å². The number of benzene rings is 2. The van der Waals surface area contributed by atoms with Crippen LogP contribution in [0, 0.1) is 17.7 Å². The molecule has 0 spiro atoms. The number of hydrogen-bond acceptors (Lipinski definition) is 4. The quantitative estimate of drug-likeness (QED) is 0.440. The van der Waals surface area contributed by atoms with Crippen LogP contribution in [0.1, 0.15) is 46.7 Å². The Balaban J connectivity index is 2.07. The Bertz CT molecular complexity index is 1120. The van der Waals surface area contributed by atoms with Crippen molar-refractivity contribution in [2.75, 3.05) is 5.32 Å². The van der Waals surface area contributed by atoms with Gasteiger partial charge in [0.05, 0.1) is 16.9 Å². The molecule has 1 heterocycles. The molecule has 0 aliphatic heterocycles. The van der Waals surface area contributed by atoms with Crippen LogP contribution in [-0.4, -0.2) is 21.7 Å². The maximum Gasteiger partial charge on any atom is 0.309 e. The lowest BCUT2D eigenvalue weighted by Crippen LogP contribution is -2.13. The third-order valence-electron chi connectivity index (χ3n) is 4.88. The Morgan fingerprint density at radius 1 is 1.00 bits per heavy atom. The highest BCUT2D eigenvalue weighted by atomic mass is 19.1. The number of nitrogens with zero attached hydrogens (tertiary/aromatic N) is 2. The number of carbonyl (C=O) groups excluding carboxylic acids is 2. The highest BCUT2D eigenvalue weighted by Gasteiger charge is 2.24. The van der Waals surface area contributed by atoms with Crippen molar-refractivity contribution in [2.45, 2.75) is 47.5 Å². The van der Waals surface area contributed by atoms with Crippen molar-refractivity contribution in [1.29, 1.82) is 0 Å². The summed E-state index contributed by atoms with van der Waals surface area (Å²) in [6.07, 6.45) is 1.10. The molecule has 2 aromatic carbocycles. The summed E-state index contributed by atoms with van der Waals surface area (Å²) in [7, 11) is 0. The van der Waals surface area contributed by atoms with Gasteiger partial charge >= 0.3 is 5.97 Å². The minimum absolute atomic E-state index is 0.0389. The normalized spacial score (nSPS) is 11.2. The first-order valence-corrected chi connectivity index (χ1v) is 11.1. The number of ether oxygens (including phenoxy) is 1. The lowest BCUT2D eigenvalue weighted by molar-refractivity contribution is -0.132. The van der Waals surface area contributed by atoms with Crippen LogP contribution in [0.2, 0.25) is 0 Å². The van der Waals surface area contributed by atoms with Gasteiger partial charge in [0.15, 0.2) is 0 Å². The van der Waals surface area contributed by atoms with E-state index in [9.17, 15) is 14.0 Å². The highest BCUT2D eigenvalue weighted by Crippen LogP contribution is 2.37. The van der Waals surface area contributed by atoms with E-state index in [0.29, 0.717) is 35.7 Å². The van der Waals surface area contributed by atoms with Crippen LogP contribution >= 0.6 is 0 Å². The Labute approximate surface area is 193 Å². The molecule has 0 unspecified atom stereocenters. The van der Waals surface area contributed by atoms with Gasteiger partial charge in [-0.25, -0.2) is 4.39 Å². The molecule has 0 atom stereocenters. The number of carbonyl (C=O) groups is 2. The number of rotatable bonds is 8. The number of amides is 1. The van der Waals surface area contributed by atoms with Crippen LogP contribution in [0.15, 0.2) is 48.5 Å². The molecule has 0 radical (unpaired) electrons. The summed E-state index contributed by atoms with van der Waals surface area (Å²) < 4.78 is 20.6. The molecule has 0 fully saturated rings. The van der Waals surface area contributed by atoms with E-state index in [-0.39, 0.29) is 23.5 Å². The molecule has 6 nitrogen and oxygen atoms in total. The molecule has 0 aliphatic carbocycles. The summed E-state index contributed by atoms with van der Waals surface area (Å²) in [5.41, 5.74) is 3.54. The van der Waals surface area contributed by atoms with Gasteiger partial charge < -0.3 is 10.1 Å². The van der Waals surface area contributed by atoms with Crippen LogP contribution in [0.4, 0.5) is 10.1 Å². The number of anilines is 1. The second kappa shape index (κ2) is 10.4. The molecule has 0 saturated carbocycles. The van der Waals surface area contributed by atoms with Gasteiger partial charge in [-0.3, -0.25) is 9.59 Å². The van der Waals surface area contributed by atoms with Gasteiger partial charge in [-0.05, 0) is 60.2 Å². The van der Waals surface area contributed by atoms with E-state index in [0.717, 1.165) is 11.3 Å². The topological polar surface area (TPSA) is 73.2 Å². The number of esters is 1. The summed E-state index contributed by atoms with van der Waals surface area (Å²) in [6, 6.07) is 13.2. The maximum absolute atomic E-state index is 13.5. The Kier molecular flexibility index (Phi) is 7.63. The van der Waals surface area contributed by atoms with E-state index >= 15 is 0 Å². The van der Waals surface area contributed by atoms with E-state index in [1.54, 1.807) is 12.1 Å². The molecule has 0 aliphatic rings. The van der Waals surface area contributed by atoms with Crippen molar-refractivity contribution in [3.05, 3.63) is 60.0 Å². The number of nitrogens with one attached hydrogen (secondary N) is 1. The SMILES string of the molecule is CC(=O)Oc1c(-c2ccc(NC(=O)CC(C)C)cc2)c(CC(C)C)nn1-c1ccc(F)cc1. The zero-order valence-electron chi connectivity index (χ0n) is 19.7. The van der Waals surface area contributed by atoms with Crippen LogP contribution < -0.4 is 10.1 Å². The molecule has 3 rings (SSSR count). The average Bonchev–Trinajstić information content (AvgIpc) is 3.05. The van der Waals surface area contributed by atoms with E-state index < -0.39 is 5.97 Å². The standard InChI is InChI=1S/C26H30FN3O3/c1-16(2)14-23-25(19-6-10-21(11-7-19)28-24(32)15-17(3)4)26(33-18(5)31)30(29-23)22-12-8-20(27)9-13-22/h6-13,16-17H,14-15H2,1-5H3,(H,28,32). The Morgan fingerprint density at radius 3 is 2.18 bits per heavy atom. The molecular weight excluding hydrogens is 421 g/mol. The third kappa shape index (κ3) is 6.28. The molecule has 7 heteroatoms. The fourth-order valence-electron chi connectivity index (χ4n) is 3.56. The summed E-state index contributed by atoms with van der Waals surface area (Å²) in [6.45, 7) is 9.49. The smallest absolute Gasteiger partial charge is 0.309 e. The van der Waals surface area contributed by atoms with Crippen molar-refractivity contribution in [3.8, 4) is 22.7 Å². The second-order valence-corrected chi connectivity index (χ2v) is 8.93. The lowest BCUT2D eigenvalue weighted by Gasteiger charge is -2.11. The molecule has 0 bridgehead atoms. The van der Waals surface area contributed by atoms with Crippen LogP contribution in [0.25, 0.3) is 16.8 Å². The predicted molar refractivity (Wildman–Crippen MR) is 127 cm³/mol. The van der Waals surface area contributed by atoms with E-state index in [4.69, 9.17) is 9.84 Å². The first-order valence-electron chi connectivity index (χ1n) is 11.1. The molecule has 3 aromatic rings. The number of aromatic nitrogens is 2. The monoisotopic (exact) mass is 451 g/mol. The first-order chi connectivity index (χ1) is 15.6. The minimum atomic E-state index is -0.479. The summed E-state index contributed by atoms with van der Waals surface area (Å²) in [4.78, 5) is 24.1. The zero-order chi connectivity index (χ0) is 24.1. The Morgan fingerprint density at radius 2 is 1.64 bits per heavy atom. The van der Waals surface area contributed by atoms with Crippen molar-refractivity contribution in [1.82, 2.24) is 9.78 Å². The number of hydrogen-bond donors (Lipinski definition) is 1. The second-order valence-electron chi connectivity index (χ2n) is 8.93. The van der Waals surface area contributed by atoms with Crippen molar-refractivity contribution in [2.24, 2.45) is 11.8 Å². The minimum Gasteiger partial charge on any atom is -0.407 e. The fourth-order valence-corrected chi connectivity index (χ4v) is 3.56. The van der Waals surface area contributed by atoms with Gasteiger partial charge in [-0.15, -0.1) is 0 Å². The Hall–Kier alpha value is -3.48. The molecule has 174 valence electrons. The summed E-state index contributed by atoms with van der Waals surface area (Å²) in [5.74, 6) is -0.0262. The van der Waals surface area contributed by atoms with Crippen molar-refractivity contribution >= 4 is 17.6 Å². The highest BCUT2D eigenvalue weighted by molar-refractivity contribution is 5.91. The molecular formula is C26H30FN3O3. The van der Waals surface area contributed by atoms with Gasteiger partial charge in [0.1, 0.15) is 5.82 Å². The van der Waals surface area contributed by atoms with Crippen LogP contribution in [0.3, 0.4) is 0 Å². The maximum atomic E-state index is 13.5. The molecule has 1 N–H and O–H groups in total. The van der Waals surface area contributed by atoms with Crippen molar-refractivity contribution < 1.29 is 18.7 Å². The third-order valence-corrected chi connectivity index (χ3v) is 4.88. The summed E-state index contributed by atoms with van der Waals surface area (Å²) >= 11 is 0. The van der Waals surface area contributed by atoms with Gasteiger partial charge in [0.25, 0.3) is 0 Å². The van der Waals surface area contributed by atoms with E-state index in [2.05, 4.69) is 19.2 Å². The van der Waals surface area contributed by atoms with Gasteiger partial charge in [0, 0.05) is 19.0 Å². The molecule has 1 aromatic heterocycles. The van der Waals surface area contributed by atoms with Crippen molar-refractivity contribution in [3.63, 3.8) is 0 Å². The van der Waals surface area contributed by atoms with Gasteiger partial charge in [-0.2, -0.15) is 9.78 Å². The number of halogens is 1. The fraction of sp³-hybridized carbons (Fsp3) is 0.346. The van der Waals surface area contributed by atoms with Gasteiger partial charge in [0.2, 0.25) is 11.8 Å². The molecule has 33 heavy (non-hydrogen) atoms. The largest absolute Gasteiger partial charge is 0.407 e. The average molecular weight is 452 g/mol. The first kappa shape index (κ1) is 24.2. The van der Waals surface area contributed by atoms with Gasteiger partial charge in [-0.1, -0.05) is 39.8 Å². The molecule has 1 amide bonds. The molecule has 0 saturated heterocycles. The van der Waals surface area contributed by atoms with Crippen LogP contribution in [-0.2, 0) is 16.0 Å². The van der Waals surface area contributed by atoms with E-state index in [1.807, 2.05) is 38.1 Å². The predicted octanol–water partition coefficient (Wildman–Crippen LogP) is 5.79.